The summed E-state index contributed by atoms with van der Waals surface area (Å²) in [6.45, 7) is 8.89. The molecule has 29 heavy (non-hydrogen) atoms. The van der Waals surface area contributed by atoms with Gasteiger partial charge in [-0.05, 0) is 18.6 Å². The number of thiophene rings is 1. The lowest BCUT2D eigenvalue weighted by Crippen LogP contribution is -2.51. The lowest BCUT2D eigenvalue weighted by atomic mass is 10.1. The number of rotatable bonds is 4. The van der Waals surface area contributed by atoms with Crippen LogP contribution in [0.5, 0.6) is 0 Å². The summed E-state index contributed by atoms with van der Waals surface area (Å²) in [4.78, 5) is 30.7. The van der Waals surface area contributed by atoms with Crippen LogP contribution < -0.4 is 0 Å². The topological polar surface area (TPSA) is 58.4 Å². The number of carbonyl (C=O) groups excluding carboxylic acids is 2. The van der Waals surface area contributed by atoms with E-state index in [1.54, 1.807) is 0 Å². The van der Waals surface area contributed by atoms with E-state index in [1.807, 2.05) is 59.5 Å². The van der Waals surface area contributed by atoms with Gasteiger partial charge in [0.15, 0.2) is 0 Å². The predicted molar refractivity (Wildman–Crippen MR) is 115 cm³/mol. The van der Waals surface area contributed by atoms with Crippen molar-refractivity contribution in [1.29, 1.82) is 0 Å². The number of piperazine rings is 1. The van der Waals surface area contributed by atoms with Crippen molar-refractivity contribution in [3.05, 3.63) is 52.5 Å². The minimum Gasteiger partial charge on any atom is -0.339 e. The molecule has 0 N–H and O–H groups in total. The zero-order valence-electron chi connectivity index (χ0n) is 17.1. The molecule has 7 heteroatoms. The van der Waals surface area contributed by atoms with Crippen molar-refractivity contribution in [2.24, 2.45) is 5.92 Å². The molecular formula is C22H26N4O2S. The van der Waals surface area contributed by atoms with Crippen LogP contribution >= 0.6 is 11.3 Å². The Morgan fingerprint density at radius 2 is 1.72 bits per heavy atom. The molecule has 1 aromatic carbocycles. The van der Waals surface area contributed by atoms with Gasteiger partial charge in [-0.3, -0.25) is 14.3 Å². The maximum Gasteiger partial charge on any atom is 0.264 e. The van der Waals surface area contributed by atoms with E-state index in [2.05, 4.69) is 17.2 Å². The highest BCUT2D eigenvalue weighted by atomic mass is 32.1. The van der Waals surface area contributed by atoms with Crippen molar-refractivity contribution < 1.29 is 9.59 Å². The van der Waals surface area contributed by atoms with Gasteiger partial charge in [0.05, 0.1) is 17.1 Å². The Bertz CT molecular complexity index is 1030. The monoisotopic (exact) mass is 410 g/mol. The van der Waals surface area contributed by atoms with Crippen molar-refractivity contribution >= 4 is 33.4 Å². The van der Waals surface area contributed by atoms with Crippen LogP contribution in [0.15, 0.2) is 36.4 Å². The molecule has 1 aliphatic rings. The third kappa shape index (κ3) is 3.92. The number of amides is 2. The minimum absolute atomic E-state index is 0.00428. The number of hydrogen-bond donors (Lipinski definition) is 0. The number of benzene rings is 1. The maximum atomic E-state index is 13.1. The summed E-state index contributed by atoms with van der Waals surface area (Å²) in [5.74, 6) is 0.208. The average Bonchev–Trinajstić information content (AvgIpc) is 3.29. The molecule has 0 radical (unpaired) electrons. The molecule has 152 valence electrons. The Hall–Kier alpha value is -2.67. The molecule has 1 aliphatic heterocycles. The molecule has 2 amide bonds. The summed E-state index contributed by atoms with van der Waals surface area (Å²) in [5, 5.41) is 5.71. The van der Waals surface area contributed by atoms with Gasteiger partial charge in [-0.15, -0.1) is 11.3 Å². The SMILES string of the molecule is Cc1nn(Cc2ccccc2)c2sc(C(=O)N3CCN(C(=O)C(C)C)CC3)cc12. The number of aromatic nitrogens is 2. The lowest BCUT2D eigenvalue weighted by molar-refractivity contribution is -0.135. The molecule has 2 aromatic heterocycles. The van der Waals surface area contributed by atoms with Crippen LogP contribution in [0.2, 0.25) is 0 Å². The highest BCUT2D eigenvalue weighted by molar-refractivity contribution is 7.20. The van der Waals surface area contributed by atoms with Gasteiger partial charge in [-0.2, -0.15) is 5.10 Å². The molecule has 0 aliphatic carbocycles. The molecule has 3 aromatic rings. The van der Waals surface area contributed by atoms with Crippen LogP contribution in [0.25, 0.3) is 10.2 Å². The summed E-state index contributed by atoms with van der Waals surface area (Å²) in [6, 6.07) is 12.2. The van der Waals surface area contributed by atoms with Crippen LogP contribution in [-0.4, -0.2) is 57.6 Å². The number of carbonyl (C=O) groups is 2. The Balaban J connectivity index is 1.51. The van der Waals surface area contributed by atoms with E-state index in [1.165, 1.54) is 16.9 Å². The van der Waals surface area contributed by atoms with Gasteiger partial charge >= 0.3 is 0 Å². The standard InChI is InChI=1S/C22H26N4O2S/c1-15(2)20(27)24-9-11-25(12-10-24)21(28)19-13-18-16(3)23-26(22(18)29-19)14-17-7-5-4-6-8-17/h4-8,13,15H,9-12,14H2,1-3H3. The molecule has 6 nitrogen and oxygen atoms in total. The largest absolute Gasteiger partial charge is 0.339 e. The fourth-order valence-corrected chi connectivity index (χ4v) is 4.86. The van der Waals surface area contributed by atoms with E-state index in [4.69, 9.17) is 0 Å². The van der Waals surface area contributed by atoms with Crippen molar-refractivity contribution in [2.45, 2.75) is 27.3 Å². The van der Waals surface area contributed by atoms with Gasteiger partial charge in [-0.25, -0.2) is 0 Å². The van der Waals surface area contributed by atoms with Gasteiger partial charge < -0.3 is 9.80 Å². The second-order valence-electron chi connectivity index (χ2n) is 7.83. The molecule has 0 spiro atoms. The summed E-state index contributed by atoms with van der Waals surface area (Å²) in [6.07, 6.45) is 0. The van der Waals surface area contributed by atoms with Gasteiger partial charge in [0.2, 0.25) is 5.91 Å². The fraction of sp³-hybridized carbons (Fsp3) is 0.409. The first-order valence-corrected chi connectivity index (χ1v) is 10.8. The van der Waals surface area contributed by atoms with Gasteiger partial charge in [0, 0.05) is 37.5 Å². The Kier molecular flexibility index (Phi) is 5.41. The van der Waals surface area contributed by atoms with Crippen molar-refractivity contribution in [3.63, 3.8) is 0 Å². The average molecular weight is 411 g/mol. The number of hydrogen-bond acceptors (Lipinski definition) is 4. The molecule has 4 rings (SSSR count). The van der Waals surface area contributed by atoms with Crippen LogP contribution in [0.1, 0.15) is 34.8 Å². The summed E-state index contributed by atoms with van der Waals surface area (Å²) in [5.41, 5.74) is 2.13. The van der Waals surface area contributed by atoms with Crippen LogP contribution in [0, 0.1) is 12.8 Å². The summed E-state index contributed by atoms with van der Waals surface area (Å²) >= 11 is 1.51. The highest BCUT2D eigenvalue weighted by Gasteiger charge is 2.27. The molecule has 0 bridgehead atoms. The summed E-state index contributed by atoms with van der Waals surface area (Å²) in [7, 11) is 0. The molecule has 0 saturated carbocycles. The van der Waals surface area contributed by atoms with Crippen molar-refractivity contribution in [3.8, 4) is 0 Å². The molecule has 3 heterocycles. The Morgan fingerprint density at radius 3 is 2.38 bits per heavy atom. The number of fused-ring (bicyclic) bond motifs is 1. The zero-order valence-corrected chi connectivity index (χ0v) is 17.9. The second-order valence-corrected chi connectivity index (χ2v) is 8.86. The van der Waals surface area contributed by atoms with E-state index in [-0.39, 0.29) is 17.7 Å². The first-order valence-electron chi connectivity index (χ1n) is 10.0. The lowest BCUT2D eigenvalue weighted by Gasteiger charge is -2.35. The fourth-order valence-electron chi connectivity index (χ4n) is 3.73. The minimum atomic E-state index is -0.00428. The number of nitrogens with zero attached hydrogens (tertiary/aromatic N) is 4. The second kappa shape index (κ2) is 7.99. The third-order valence-electron chi connectivity index (χ3n) is 5.37. The third-order valence-corrected chi connectivity index (χ3v) is 6.50. The van der Waals surface area contributed by atoms with Crippen LogP contribution in [0.3, 0.4) is 0 Å². The first kappa shape index (κ1) is 19.6. The van der Waals surface area contributed by atoms with E-state index < -0.39 is 0 Å². The summed E-state index contributed by atoms with van der Waals surface area (Å²) < 4.78 is 1.99. The first-order chi connectivity index (χ1) is 13.9. The van der Waals surface area contributed by atoms with E-state index in [9.17, 15) is 9.59 Å². The van der Waals surface area contributed by atoms with Crippen LogP contribution in [0.4, 0.5) is 0 Å². The Morgan fingerprint density at radius 1 is 1.07 bits per heavy atom. The predicted octanol–water partition coefficient (Wildman–Crippen LogP) is 3.39. The van der Waals surface area contributed by atoms with Gasteiger partial charge in [-0.1, -0.05) is 44.2 Å². The van der Waals surface area contributed by atoms with Gasteiger partial charge in [0.25, 0.3) is 5.91 Å². The molecule has 0 atom stereocenters. The van der Waals surface area contributed by atoms with E-state index >= 15 is 0 Å². The maximum absolute atomic E-state index is 13.1. The van der Waals surface area contributed by atoms with E-state index in [0.29, 0.717) is 32.7 Å². The molecule has 1 fully saturated rings. The zero-order chi connectivity index (χ0) is 20.5. The van der Waals surface area contributed by atoms with E-state index in [0.717, 1.165) is 20.8 Å². The quantitative estimate of drug-likeness (QED) is 0.662. The number of aryl methyl sites for hydroxylation is 1. The molecule has 1 saturated heterocycles. The Labute approximate surface area is 174 Å². The van der Waals surface area contributed by atoms with Gasteiger partial charge in [0.1, 0.15) is 4.83 Å². The van der Waals surface area contributed by atoms with Crippen LogP contribution in [-0.2, 0) is 11.3 Å². The molecule has 0 unspecified atom stereocenters. The normalized spacial score (nSPS) is 14.8. The van der Waals surface area contributed by atoms with Crippen molar-refractivity contribution in [2.75, 3.05) is 26.2 Å². The van der Waals surface area contributed by atoms with Crippen molar-refractivity contribution in [1.82, 2.24) is 19.6 Å². The smallest absolute Gasteiger partial charge is 0.264 e. The molecular weight excluding hydrogens is 384 g/mol. The highest BCUT2D eigenvalue weighted by Crippen LogP contribution is 2.30.